The summed E-state index contributed by atoms with van der Waals surface area (Å²) in [7, 11) is 2.08. The number of carbonyl (C=O) groups is 1. The molecule has 1 heterocycles. The van der Waals surface area contributed by atoms with Gasteiger partial charge in [0.05, 0.1) is 12.6 Å². The molecule has 0 amide bonds. The molecule has 0 saturated heterocycles. The lowest BCUT2D eigenvalue weighted by atomic mass is 10.0. The Hall–Kier alpha value is -2.39. The van der Waals surface area contributed by atoms with E-state index in [1.807, 2.05) is 56.3 Å². The molecule has 118 valence electrons. The lowest BCUT2D eigenvalue weighted by Gasteiger charge is -2.21. The third-order valence-corrected chi connectivity index (χ3v) is 4.60. The fourth-order valence-corrected chi connectivity index (χ4v) is 3.11. The van der Waals surface area contributed by atoms with Crippen molar-refractivity contribution in [3.05, 3.63) is 71.4 Å². The molecule has 0 bridgehead atoms. The van der Waals surface area contributed by atoms with Gasteiger partial charge in [0.15, 0.2) is 0 Å². The molecule has 0 aliphatic carbocycles. The normalized spacial score (nSPS) is 13.9. The number of para-hydroxylation sites is 1. The molecular formula is C20H23N2O+. The molecule has 3 heteroatoms. The molecule has 23 heavy (non-hydrogen) atoms. The summed E-state index contributed by atoms with van der Waals surface area (Å²) in [5.41, 5.74) is 4.07. The number of likely N-dealkylation sites (N-methyl/N-ethyl adjacent to an activating group) is 1. The number of hydrogen-bond acceptors (Lipinski definition) is 1. The maximum absolute atomic E-state index is 13.0. The van der Waals surface area contributed by atoms with Crippen molar-refractivity contribution in [2.45, 2.75) is 26.4 Å². The number of ketones is 1. The first-order valence-electron chi connectivity index (χ1n) is 8.05. The van der Waals surface area contributed by atoms with Gasteiger partial charge < -0.3 is 9.88 Å². The molecule has 2 aromatic carbocycles. The van der Waals surface area contributed by atoms with E-state index in [0.717, 1.165) is 28.7 Å². The molecule has 2 N–H and O–H groups in total. The van der Waals surface area contributed by atoms with Crippen molar-refractivity contribution in [2.75, 3.05) is 7.05 Å². The first-order chi connectivity index (χ1) is 11.1. The number of quaternary nitrogens is 1. The molecule has 1 aromatic heterocycles. The van der Waals surface area contributed by atoms with Gasteiger partial charge >= 0.3 is 0 Å². The van der Waals surface area contributed by atoms with Crippen LogP contribution in [0.4, 0.5) is 0 Å². The van der Waals surface area contributed by atoms with Crippen molar-refractivity contribution >= 4 is 16.7 Å². The highest BCUT2D eigenvalue weighted by Gasteiger charge is 2.27. The Labute approximate surface area is 136 Å². The molecule has 3 rings (SSSR count). The van der Waals surface area contributed by atoms with Gasteiger partial charge in [-0.3, -0.25) is 4.79 Å². The van der Waals surface area contributed by atoms with Crippen LogP contribution in [-0.4, -0.2) is 23.9 Å². The molecular weight excluding hydrogens is 284 g/mol. The van der Waals surface area contributed by atoms with Gasteiger partial charge in [0.25, 0.3) is 0 Å². The Balaban J connectivity index is 1.85. The number of benzene rings is 2. The van der Waals surface area contributed by atoms with E-state index in [1.165, 1.54) is 10.5 Å². The van der Waals surface area contributed by atoms with Crippen LogP contribution in [0.5, 0.6) is 0 Å². The quantitative estimate of drug-likeness (QED) is 0.699. The van der Waals surface area contributed by atoms with Crippen molar-refractivity contribution in [2.24, 2.45) is 0 Å². The topological polar surface area (TPSA) is 37.3 Å². The zero-order valence-electron chi connectivity index (χ0n) is 13.9. The van der Waals surface area contributed by atoms with Crippen LogP contribution in [0.15, 0.2) is 54.6 Å². The van der Waals surface area contributed by atoms with E-state index < -0.39 is 0 Å². The van der Waals surface area contributed by atoms with Crippen molar-refractivity contribution in [1.29, 1.82) is 0 Å². The summed E-state index contributed by atoms with van der Waals surface area (Å²) in [5, 5.41) is 1.02. The van der Waals surface area contributed by atoms with E-state index in [2.05, 4.69) is 24.2 Å². The Morgan fingerprint density at radius 3 is 2.48 bits per heavy atom. The number of aryl methyl sites for hydroxylation is 1. The Bertz CT molecular complexity index is 820. The number of fused-ring (bicyclic) bond motifs is 1. The number of carbonyl (C=O) groups excluding carboxylic acids is 1. The lowest BCUT2D eigenvalue weighted by molar-refractivity contribution is -0.907. The van der Waals surface area contributed by atoms with Crippen LogP contribution < -0.4 is 4.90 Å². The predicted molar refractivity (Wildman–Crippen MR) is 93.9 cm³/mol. The first kappa shape index (κ1) is 15.5. The van der Waals surface area contributed by atoms with Gasteiger partial charge in [-0.25, -0.2) is 0 Å². The summed E-state index contributed by atoms with van der Waals surface area (Å²) in [6.07, 6.45) is 0. The summed E-state index contributed by atoms with van der Waals surface area (Å²) in [6, 6.07) is 18.2. The molecule has 0 aliphatic heterocycles. The number of hydrogen-bond donors (Lipinski definition) is 2. The summed E-state index contributed by atoms with van der Waals surface area (Å²) in [4.78, 5) is 17.6. The van der Waals surface area contributed by atoms with E-state index in [1.54, 1.807) is 0 Å². The van der Waals surface area contributed by atoms with E-state index in [-0.39, 0.29) is 11.8 Å². The maximum Gasteiger partial charge on any atom is 0.222 e. The summed E-state index contributed by atoms with van der Waals surface area (Å²) in [6.45, 7) is 4.84. The van der Waals surface area contributed by atoms with Gasteiger partial charge in [0.1, 0.15) is 12.6 Å². The highest BCUT2D eigenvalue weighted by molar-refractivity contribution is 6.10. The fourth-order valence-electron chi connectivity index (χ4n) is 3.11. The van der Waals surface area contributed by atoms with Crippen LogP contribution in [0.2, 0.25) is 0 Å². The van der Waals surface area contributed by atoms with Crippen molar-refractivity contribution < 1.29 is 9.69 Å². The van der Waals surface area contributed by atoms with Crippen LogP contribution >= 0.6 is 0 Å². The second-order valence-corrected chi connectivity index (χ2v) is 6.27. The molecule has 0 radical (unpaired) electrons. The molecule has 2 atom stereocenters. The number of nitrogens with one attached hydrogen (secondary N) is 2. The monoisotopic (exact) mass is 307 g/mol. The minimum atomic E-state index is -0.0897. The number of H-pyrrole nitrogens is 1. The van der Waals surface area contributed by atoms with Crippen LogP contribution in [0.1, 0.15) is 28.5 Å². The van der Waals surface area contributed by atoms with Gasteiger partial charge in [-0.2, -0.15) is 0 Å². The average Bonchev–Trinajstić information content (AvgIpc) is 2.90. The molecule has 3 aromatic rings. The summed E-state index contributed by atoms with van der Waals surface area (Å²) < 4.78 is 0. The number of rotatable bonds is 5. The van der Waals surface area contributed by atoms with Crippen molar-refractivity contribution in [3.8, 4) is 0 Å². The molecule has 1 unspecified atom stereocenters. The summed E-state index contributed by atoms with van der Waals surface area (Å²) >= 11 is 0. The second kappa shape index (κ2) is 6.39. The van der Waals surface area contributed by atoms with Crippen LogP contribution in [0.25, 0.3) is 10.9 Å². The third kappa shape index (κ3) is 3.06. The number of aromatic nitrogens is 1. The zero-order valence-corrected chi connectivity index (χ0v) is 13.9. The Kier molecular flexibility index (Phi) is 4.30. The number of Topliss-reactive ketones (excluding diaryl/α,β-unsaturated/α-hetero) is 1. The highest BCUT2D eigenvalue weighted by Crippen LogP contribution is 2.22. The van der Waals surface area contributed by atoms with Gasteiger partial charge in [0.2, 0.25) is 5.78 Å². The van der Waals surface area contributed by atoms with Crippen LogP contribution in [0.3, 0.4) is 0 Å². The average molecular weight is 307 g/mol. The maximum atomic E-state index is 13.0. The molecule has 0 fully saturated rings. The Morgan fingerprint density at radius 1 is 1.09 bits per heavy atom. The largest absolute Gasteiger partial charge is 0.358 e. The highest BCUT2D eigenvalue weighted by atomic mass is 16.1. The van der Waals surface area contributed by atoms with Gasteiger partial charge in [-0.15, -0.1) is 0 Å². The van der Waals surface area contributed by atoms with Crippen molar-refractivity contribution in [3.63, 3.8) is 0 Å². The lowest BCUT2D eigenvalue weighted by Crippen LogP contribution is -3.12. The predicted octanol–water partition coefficient (Wildman–Crippen LogP) is 2.76. The molecule has 0 spiro atoms. The zero-order chi connectivity index (χ0) is 16.4. The van der Waals surface area contributed by atoms with E-state index in [9.17, 15) is 4.79 Å². The van der Waals surface area contributed by atoms with Gasteiger partial charge in [-0.1, -0.05) is 48.5 Å². The molecule has 0 aliphatic rings. The molecule has 0 saturated carbocycles. The Morgan fingerprint density at radius 2 is 1.74 bits per heavy atom. The minimum absolute atomic E-state index is 0.0897. The van der Waals surface area contributed by atoms with Crippen LogP contribution in [0, 0.1) is 6.92 Å². The fraction of sp³-hybridized carbons (Fsp3) is 0.250. The number of aromatic amines is 1. The third-order valence-electron chi connectivity index (χ3n) is 4.60. The first-order valence-corrected chi connectivity index (χ1v) is 8.05. The van der Waals surface area contributed by atoms with E-state index in [4.69, 9.17) is 0 Å². The SMILES string of the molecule is Cc1[nH]c2ccccc2c1C(=O)[C@@H](C)[NH+](C)Cc1ccccc1. The van der Waals surface area contributed by atoms with E-state index in [0.29, 0.717) is 0 Å². The molecule has 3 nitrogen and oxygen atoms in total. The van der Waals surface area contributed by atoms with Gasteiger partial charge in [-0.05, 0) is 19.9 Å². The summed E-state index contributed by atoms with van der Waals surface area (Å²) in [5.74, 6) is 0.202. The minimum Gasteiger partial charge on any atom is -0.358 e. The second-order valence-electron chi connectivity index (χ2n) is 6.27. The van der Waals surface area contributed by atoms with Gasteiger partial charge in [0, 0.05) is 22.2 Å². The van der Waals surface area contributed by atoms with Crippen molar-refractivity contribution in [1.82, 2.24) is 4.98 Å². The van der Waals surface area contributed by atoms with E-state index >= 15 is 0 Å². The van der Waals surface area contributed by atoms with Crippen LogP contribution in [-0.2, 0) is 6.54 Å². The standard InChI is InChI=1S/C20H22N2O/c1-14-19(17-11-7-8-12-18(17)21-14)20(23)15(2)22(3)13-16-9-5-4-6-10-16/h4-12,15,21H,13H2,1-3H3/p+1/t15-/m1/s1. The smallest absolute Gasteiger partial charge is 0.222 e.